The van der Waals surface area contributed by atoms with Crippen molar-refractivity contribution in [2.24, 2.45) is 0 Å². The Balaban J connectivity index is 1.89. The van der Waals surface area contributed by atoms with Gasteiger partial charge in [0.2, 0.25) is 0 Å². The molecule has 0 saturated carbocycles. The van der Waals surface area contributed by atoms with Crippen LogP contribution in [0.25, 0.3) is 0 Å². The summed E-state index contributed by atoms with van der Waals surface area (Å²) in [6.07, 6.45) is 1.53. The van der Waals surface area contributed by atoms with E-state index in [0.717, 1.165) is 5.56 Å². The van der Waals surface area contributed by atoms with E-state index in [-0.39, 0.29) is 11.6 Å². The van der Waals surface area contributed by atoms with Gasteiger partial charge in [0.15, 0.2) is 11.6 Å². The molecular weight excluding hydrogens is 366 g/mol. The molecule has 1 atom stereocenters. The molecule has 0 aliphatic heterocycles. The lowest BCUT2D eigenvalue weighted by Gasteiger charge is -2.21. The van der Waals surface area contributed by atoms with Crippen LogP contribution in [0.15, 0.2) is 72.9 Å². The first-order chi connectivity index (χ1) is 13.0. The minimum absolute atomic E-state index is 0.178. The van der Waals surface area contributed by atoms with Crippen molar-refractivity contribution in [3.63, 3.8) is 0 Å². The van der Waals surface area contributed by atoms with E-state index in [2.05, 4.69) is 23.9 Å². The SMILES string of the molecule is CC(C)c1ccc(O[P@](=O)(Nc2ccccn2)Oc2ccccc2F)cc1. The Hall–Kier alpha value is -2.85. The first-order valence-electron chi connectivity index (χ1n) is 8.48. The fourth-order valence-electron chi connectivity index (χ4n) is 2.33. The van der Waals surface area contributed by atoms with Gasteiger partial charge in [-0.3, -0.25) is 5.09 Å². The van der Waals surface area contributed by atoms with Gasteiger partial charge in [-0.15, -0.1) is 0 Å². The van der Waals surface area contributed by atoms with Crippen LogP contribution < -0.4 is 14.1 Å². The van der Waals surface area contributed by atoms with Crippen LogP contribution in [0.4, 0.5) is 10.2 Å². The highest BCUT2D eigenvalue weighted by atomic mass is 31.2. The second kappa shape index (κ2) is 8.23. The molecule has 1 N–H and O–H groups in total. The molecule has 27 heavy (non-hydrogen) atoms. The van der Waals surface area contributed by atoms with E-state index in [1.807, 2.05) is 12.1 Å². The van der Waals surface area contributed by atoms with Crippen LogP contribution >= 0.6 is 7.75 Å². The van der Waals surface area contributed by atoms with Gasteiger partial charge in [-0.2, -0.15) is 0 Å². The van der Waals surface area contributed by atoms with Gasteiger partial charge < -0.3 is 9.05 Å². The van der Waals surface area contributed by atoms with Gasteiger partial charge >= 0.3 is 7.75 Å². The number of nitrogens with zero attached hydrogens (tertiary/aromatic N) is 1. The summed E-state index contributed by atoms with van der Waals surface area (Å²) in [4.78, 5) is 4.07. The van der Waals surface area contributed by atoms with E-state index in [9.17, 15) is 8.96 Å². The summed E-state index contributed by atoms with van der Waals surface area (Å²) < 4.78 is 38.4. The van der Waals surface area contributed by atoms with E-state index in [0.29, 0.717) is 11.7 Å². The van der Waals surface area contributed by atoms with E-state index >= 15 is 0 Å². The second-order valence-electron chi connectivity index (χ2n) is 6.16. The van der Waals surface area contributed by atoms with Crippen LogP contribution in [0.3, 0.4) is 0 Å². The lowest BCUT2D eigenvalue weighted by Crippen LogP contribution is -2.11. The Kier molecular flexibility index (Phi) is 5.77. The predicted molar refractivity (Wildman–Crippen MR) is 104 cm³/mol. The van der Waals surface area contributed by atoms with Crippen molar-refractivity contribution in [3.05, 3.63) is 84.3 Å². The molecule has 0 saturated heterocycles. The highest BCUT2D eigenvalue weighted by molar-refractivity contribution is 7.56. The smallest absolute Gasteiger partial charge is 0.400 e. The third-order valence-corrected chi connectivity index (χ3v) is 5.14. The summed E-state index contributed by atoms with van der Waals surface area (Å²) in [7, 11) is -4.00. The quantitative estimate of drug-likeness (QED) is 0.503. The molecule has 0 aliphatic rings. The minimum atomic E-state index is -4.00. The highest BCUT2D eigenvalue weighted by Crippen LogP contribution is 2.48. The van der Waals surface area contributed by atoms with Gasteiger partial charge in [0, 0.05) is 6.20 Å². The van der Waals surface area contributed by atoms with Gasteiger partial charge in [-0.05, 0) is 47.9 Å². The third-order valence-electron chi connectivity index (χ3n) is 3.74. The van der Waals surface area contributed by atoms with Crippen molar-refractivity contribution in [3.8, 4) is 11.5 Å². The number of anilines is 1. The Morgan fingerprint density at radius 1 is 0.963 bits per heavy atom. The van der Waals surface area contributed by atoms with E-state index in [1.54, 1.807) is 36.4 Å². The Labute approximate surface area is 157 Å². The van der Waals surface area contributed by atoms with Crippen molar-refractivity contribution >= 4 is 13.6 Å². The molecule has 2 aromatic carbocycles. The van der Waals surface area contributed by atoms with Gasteiger partial charge in [-0.1, -0.05) is 44.2 Å². The maximum Gasteiger partial charge on any atom is 0.542 e. The average Bonchev–Trinajstić information content (AvgIpc) is 2.65. The fraction of sp³-hybridized carbons (Fsp3) is 0.150. The number of nitrogens with one attached hydrogen (secondary N) is 1. The first kappa shape index (κ1) is 18.9. The molecule has 1 aromatic heterocycles. The molecule has 3 rings (SSSR count). The molecule has 0 aliphatic carbocycles. The largest absolute Gasteiger partial charge is 0.542 e. The zero-order chi connectivity index (χ0) is 19.3. The third kappa shape index (κ3) is 5.08. The van der Waals surface area contributed by atoms with Crippen molar-refractivity contribution in [2.75, 3.05) is 5.09 Å². The molecule has 0 amide bonds. The molecular formula is C20H20FN2O3P. The standard InChI is InChI=1S/C20H20FN2O3P/c1-15(2)16-10-12-17(13-11-16)25-27(24,23-20-9-5-6-14-22-20)26-19-8-4-3-7-18(19)21/h3-15H,1-2H3,(H,22,23,24)/t27-/m1/s1. The Morgan fingerprint density at radius 2 is 1.67 bits per heavy atom. The summed E-state index contributed by atoms with van der Waals surface area (Å²) in [5.74, 6) is 0.160. The van der Waals surface area contributed by atoms with Crippen LogP contribution in [0.5, 0.6) is 11.5 Å². The van der Waals surface area contributed by atoms with Gasteiger partial charge in [0.05, 0.1) is 0 Å². The predicted octanol–water partition coefficient (Wildman–Crippen LogP) is 6.02. The number of hydrogen-bond acceptors (Lipinski definition) is 4. The topological polar surface area (TPSA) is 60.5 Å². The van der Waals surface area contributed by atoms with Crippen molar-refractivity contribution in [1.29, 1.82) is 0 Å². The van der Waals surface area contributed by atoms with E-state index in [1.165, 1.54) is 24.4 Å². The number of hydrogen-bond donors (Lipinski definition) is 1. The number of benzene rings is 2. The van der Waals surface area contributed by atoms with Crippen LogP contribution in [0.1, 0.15) is 25.3 Å². The normalized spacial score (nSPS) is 13.0. The number of para-hydroxylation sites is 1. The van der Waals surface area contributed by atoms with Crippen molar-refractivity contribution in [2.45, 2.75) is 19.8 Å². The molecule has 0 unspecified atom stereocenters. The highest BCUT2D eigenvalue weighted by Gasteiger charge is 2.30. The van der Waals surface area contributed by atoms with E-state index in [4.69, 9.17) is 9.05 Å². The van der Waals surface area contributed by atoms with Crippen LogP contribution in [0, 0.1) is 5.82 Å². The molecule has 0 bridgehead atoms. The second-order valence-corrected chi connectivity index (χ2v) is 7.74. The summed E-state index contributed by atoms with van der Waals surface area (Å²) in [6.45, 7) is 4.15. The van der Waals surface area contributed by atoms with Crippen LogP contribution in [-0.2, 0) is 4.57 Å². The van der Waals surface area contributed by atoms with Gasteiger partial charge in [0.25, 0.3) is 0 Å². The number of aromatic nitrogens is 1. The lowest BCUT2D eigenvalue weighted by atomic mass is 10.0. The summed E-state index contributed by atoms with van der Waals surface area (Å²) >= 11 is 0. The molecule has 140 valence electrons. The zero-order valence-electron chi connectivity index (χ0n) is 15.0. The molecule has 0 spiro atoms. The minimum Gasteiger partial charge on any atom is -0.400 e. The monoisotopic (exact) mass is 386 g/mol. The van der Waals surface area contributed by atoms with Crippen LogP contribution in [0.2, 0.25) is 0 Å². The number of pyridine rings is 1. The fourth-order valence-corrected chi connectivity index (χ4v) is 3.68. The van der Waals surface area contributed by atoms with Crippen molar-refractivity contribution in [1.82, 2.24) is 4.98 Å². The molecule has 3 aromatic rings. The zero-order valence-corrected chi connectivity index (χ0v) is 15.9. The molecule has 5 nitrogen and oxygen atoms in total. The number of rotatable bonds is 7. The van der Waals surface area contributed by atoms with Crippen LogP contribution in [-0.4, -0.2) is 4.98 Å². The van der Waals surface area contributed by atoms with Gasteiger partial charge in [0.1, 0.15) is 11.6 Å². The summed E-state index contributed by atoms with van der Waals surface area (Å²) in [6, 6.07) is 17.9. The molecule has 0 radical (unpaired) electrons. The maximum absolute atomic E-state index is 14.0. The summed E-state index contributed by atoms with van der Waals surface area (Å²) in [5, 5.41) is 2.65. The molecule has 1 heterocycles. The Bertz CT molecular complexity index is 933. The average molecular weight is 386 g/mol. The Morgan fingerprint density at radius 3 is 2.30 bits per heavy atom. The first-order valence-corrected chi connectivity index (χ1v) is 10.0. The summed E-state index contributed by atoms with van der Waals surface area (Å²) in [5.41, 5.74) is 1.12. The molecule has 7 heteroatoms. The lowest BCUT2D eigenvalue weighted by molar-refractivity contribution is 0.382. The number of halogens is 1. The van der Waals surface area contributed by atoms with E-state index < -0.39 is 13.6 Å². The van der Waals surface area contributed by atoms with Crippen molar-refractivity contribution < 1.29 is 18.0 Å². The molecule has 0 fully saturated rings. The maximum atomic E-state index is 14.0. The van der Waals surface area contributed by atoms with Gasteiger partial charge in [-0.25, -0.2) is 13.9 Å².